The minimum Gasteiger partial charge on any atom is -0.383 e. The second-order valence-electron chi connectivity index (χ2n) is 3.73. The quantitative estimate of drug-likeness (QED) is 0.823. The lowest BCUT2D eigenvalue weighted by Crippen LogP contribution is -2.28. The normalized spacial score (nSPS) is 10.3. The van der Waals surface area contributed by atoms with Crippen molar-refractivity contribution in [3.05, 3.63) is 29.6 Å². The molecule has 0 atom stereocenters. The van der Waals surface area contributed by atoms with Gasteiger partial charge in [-0.05, 0) is 25.2 Å². The maximum Gasteiger partial charge on any atom is 0.143 e. The average Bonchev–Trinajstić information content (AvgIpc) is 2.35. The molecule has 0 radical (unpaired) electrons. The summed E-state index contributed by atoms with van der Waals surface area (Å²) >= 11 is 0. The summed E-state index contributed by atoms with van der Waals surface area (Å²) in [4.78, 5) is 2.26. The largest absolute Gasteiger partial charge is 0.383 e. The molecule has 0 spiro atoms. The van der Waals surface area contributed by atoms with Crippen LogP contribution in [0.15, 0.2) is 18.2 Å². The Balaban J connectivity index is 2.58. The molecule has 0 aliphatic carbocycles. The number of rotatable bonds is 6. The van der Waals surface area contributed by atoms with Crippen LogP contribution in [0.1, 0.15) is 19.4 Å². The van der Waals surface area contributed by atoms with E-state index in [1.165, 1.54) is 6.07 Å². The molecule has 0 aliphatic rings. The molecule has 92 valence electrons. The van der Waals surface area contributed by atoms with E-state index in [0.29, 0.717) is 12.2 Å². The van der Waals surface area contributed by atoms with Gasteiger partial charge in [0.25, 0.3) is 0 Å². The molecule has 1 N–H and O–H groups in total. The fourth-order valence-corrected chi connectivity index (χ4v) is 1.67. The SMILES string of the molecule is CCN(CC)CCNc1cccc(F)c1C#N. The molecule has 0 fully saturated rings. The predicted molar refractivity (Wildman–Crippen MR) is 67.4 cm³/mol. The number of likely N-dealkylation sites (N-methyl/N-ethyl adjacent to an activating group) is 1. The summed E-state index contributed by atoms with van der Waals surface area (Å²) < 4.78 is 13.3. The van der Waals surface area contributed by atoms with E-state index >= 15 is 0 Å². The van der Waals surface area contributed by atoms with Crippen molar-refractivity contribution < 1.29 is 4.39 Å². The first-order chi connectivity index (χ1) is 8.22. The number of benzene rings is 1. The van der Waals surface area contributed by atoms with E-state index in [4.69, 9.17) is 5.26 Å². The Morgan fingerprint density at radius 3 is 2.65 bits per heavy atom. The van der Waals surface area contributed by atoms with Crippen molar-refractivity contribution in [1.29, 1.82) is 5.26 Å². The number of halogens is 1. The smallest absolute Gasteiger partial charge is 0.143 e. The summed E-state index contributed by atoms with van der Waals surface area (Å²) in [6, 6.07) is 6.51. The highest BCUT2D eigenvalue weighted by atomic mass is 19.1. The molecule has 1 aromatic rings. The zero-order valence-electron chi connectivity index (χ0n) is 10.3. The molecule has 0 bridgehead atoms. The Kier molecular flexibility index (Phi) is 5.44. The maximum absolute atomic E-state index is 13.3. The van der Waals surface area contributed by atoms with Crippen LogP contribution in [0.2, 0.25) is 0 Å². The molecular formula is C13H18FN3. The topological polar surface area (TPSA) is 39.1 Å². The molecule has 0 amide bonds. The van der Waals surface area contributed by atoms with E-state index in [2.05, 4.69) is 24.1 Å². The van der Waals surface area contributed by atoms with Gasteiger partial charge in [-0.1, -0.05) is 19.9 Å². The average molecular weight is 235 g/mol. The lowest BCUT2D eigenvalue weighted by Gasteiger charge is -2.18. The van der Waals surface area contributed by atoms with Gasteiger partial charge in [0.1, 0.15) is 17.4 Å². The fraction of sp³-hybridized carbons (Fsp3) is 0.462. The van der Waals surface area contributed by atoms with Gasteiger partial charge in [0.05, 0.1) is 5.69 Å². The van der Waals surface area contributed by atoms with Crippen molar-refractivity contribution in [1.82, 2.24) is 4.90 Å². The van der Waals surface area contributed by atoms with E-state index in [9.17, 15) is 4.39 Å². The lowest BCUT2D eigenvalue weighted by atomic mass is 10.2. The number of anilines is 1. The molecule has 0 aromatic heterocycles. The monoisotopic (exact) mass is 235 g/mol. The van der Waals surface area contributed by atoms with E-state index in [-0.39, 0.29) is 5.56 Å². The van der Waals surface area contributed by atoms with Gasteiger partial charge in [-0.3, -0.25) is 0 Å². The summed E-state index contributed by atoms with van der Waals surface area (Å²) in [5.41, 5.74) is 0.659. The summed E-state index contributed by atoms with van der Waals surface area (Å²) in [5, 5.41) is 12.0. The van der Waals surface area contributed by atoms with Crippen molar-refractivity contribution in [3.63, 3.8) is 0 Å². The maximum atomic E-state index is 13.3. The molecule has 0 unspecified atom stereocenters. The minimum absolute atomic E-state index is 0.0899. The third kappa shape index (κ3) is 3.72. The van der Waals surface area contributed by atoms with Crippen LogP contribution >= 0.6 is 0 Å². The molecule has 1 rings (SSSR count). The van der Waals surface area contributed by atoms with Gasteiger partial charge >= 0.3 is 0 Å². The van der Waals surface area contributed by atoms with Crippen molar-refractivity contribution >= 4 is 5.69 Å². The Hall–Kier alpha value is -1.60. The van der Waals surface area contributed by atoms with Gasteiger partial charge in [-0.15, -0.1) is 0 Å². The number of hydrogen-bond donors (Lipinski definition) is 1. The number of nitrogens with zero attached hydrogens (tertiary/aromatic N) is 2. The lowest BCUT2D eigenvalue weighted by molar-refractivity contribution is 0.316. The summed E-state index contributed by atoms with van der Waals surface area (Å²) in [5.74, 6) is -0.472. The van der Waals surface area contributed by atoms with Crippen LogP contribution in [0, 0.1) is 17.1 Å². The van der Waals surface area contributed by atoms with Crippen LogP contribution in [-0.2, 0) is 0 Å². The zero-order chi connectivity index (χ0) is 12.7. The first-order valence-corrected chi connectivity index (χ1v) is 5.87. The van der Waals surface area contributed by atoms with Crippen molar-refractivity contribution in [3.8, 4) is 6.07 Å². The Morgan fingerprint density at radius 1 is 1.35 bits per heavy atom. The van der Waals surface area contributed by atoms with Crippen LogP contribution in [0.4, 0.5) is 10.1 Å². The predicted octanol–water partition coefficient (Wildman–Crippen LogP) is 2.45. The first kappa shape index (κ1) is 13.5. The van der Waals surface area contributed by atoms with Gasteiger partial charge in [0.2, 0.25) is 0 Å². The molecule has 0 aliphatic heterocycles. The standard InChI is InChI=1S/C13H18FN3/c1-3-17(4-2)9-8-16-13-7-5-6-12(14)11(13)10-15/h5-7,16H,3-4,8-9H2,1-2H3. The van der Waals surface area contributed by atoms with Gasteiger partial charge in [0.15, 0.2) is 0 Å². The number of nitrogens with one attached hydrogen (secondary N) is 1. The summed E-state index contributed by atoms with van der Waals surface area (Å²) in [6.07, 6.45) is 0. The second kappa shape index (κ2) is 6.87. The summed E-state index contributed by atoms with van der Waals surface area (Å²) in [7, 11) is 0. The third-order valence-corrected chi connectivity index (χ3v) is 2.76. The highest BCUT2D eigenvalue weighted by Gasteiger charge is 2.07. The molecule has 3 nitrogen and oxygen atoms in total. The van der Waals surface area contributed by atoms with Crippen LogP contribution in [0.5, 0.6) is 0 Å². The Labute approximate surface area is 102 Å². The fourth-order valence-electron chi connectivity index (χ4n) is 1.67. The van der Waals surface area contributed by atoms with Crippen LogP contribution in [-0.4, -0.2) is 31.1 Å². The first-order valence-electron chi connectivity index (χ1n) is 5.87. The van der Waals surface area contributed by atoms with Crippen LogP contribution in [0.3, 0.4) is 0 Å². The van der Waals surface area contributed by atoms with E-state index in [1.54, 1.807) is 12.1 Å². The van der Waals surface area contributed by atoms with E-state index < -0.39 is 5.82 Å². The van der Waals surface area contributed by atoms with Crippen LogP contribution < -0.4 is 5.32 Å². The Morgan fingerprint density at radius 2 is 2.06 bits per heavy atom. The van der Waals surface area contributed by atoms with E-state index in [1.807, 2.05) is 6.07 Å². The molecule has 0 heterocycles. The molecular weight excluding hydrogens is 217 g/mol. The van der Waals surface area contributed by atoms with Gasteiger partial charge in [-0.2, -0.15) is 5.26 Å². The van der Waals surface area contributed by atoms with Gasteiger partial charge < -0.3 is 10.2 Å². The molecule has 0 saturated heterocycles. The van der Waals surface area contributed by atoms with Crippen LogP contribution in [0.25, 0.3) is 0 Å². The zero-order valence-corrected chi connectivity index (χ0v) is 10.3. The Bertz CT molecular complexity index is 394. The number of nitriles is 1. The van der Waals surface area contributed by atoms with Gasteiger partial charge in [-0.25, -0.2) is 4.39 Å². The van der Waals surface area contributed by atoms with Gasteiger partial charge in [0, 0.05) is 13.1 Å². The van der Waals surface area contributed by atoms with Crippen molar-refractivity contribution in [2.24, 2.45) is 0 Å². The van der Waals surface area contributed by atoms with Crippen molar-refractivity contribution in [2.45, 2.75) is 13.8 Å². The molecule has 4 heteroatoms. The van der Waals surface area contributed by atoms with E-state index in [0.717, 1.165) is 19.6 Å². The minimum atomic E-state index is -0.472. The third-order valence-electron chi connectivity index (χ3n) is 2.76. The number of hydrogen-bond acceptors (Lipinski definition) is 3. The molecule has 0 saturated carbocycles. The second-order valence-corrected chi connectivity index (χ2v) is 3.73. The highest BCUT2D eigenvalue weighted by molar-refractivity contribution is 5.57. The highest BCUT2D eigenvalue weighted by Crippen LogP contribution is 2.17. The molecule has 17 heavy (non-hydrogen) atoms. The molecule has 1 aromatic carbocycles. The summed E-state index contributed by atoms with van der Waals surface area (Å²) in [6.45, 7) is 7.78. The van der Waals surface area contributed by atoms with Crippen molar-refractivity contribution in [2.75, 3.05) is 31.5 Å².